The van der Waals surface area contributed by atoms with Gasteiger partial charge >= 0.3 is 0 Å². The normalized spacial score (nSPS) is 20.1. The number of carbonyl (C=O) groups excluding carboxylic acids is 2. The van der Waals surface area contributed by atoms with Gasteiger partial charge in [0.2, 0.25) is 5.78 Å². The number of ether oxygens (including phenoxy) is 1. The first-order chi connectivity index (χ1) is 9.75. The maximum absolute atomic E-state index is 12.4. The predicted molar refractivity (Wildman–Crippen MR) is 75.8 cm³/mol. The Morgan fingerprint density at radius 3 is 2.25 bits per heavy atom. The van der Waals surface area contributed by atoms with Crippen LogP contribution in [0.2, 0.25) is 0 Å². The van der Waals surface area contributed by atoms with Crippen LogP contribution in [0.4, 0.5) is 0 Å². The minimum absolute atomic E-state index is 0.0748. The summed E-state index contributed by atoms with van der Waals surface area (Å²) in [6, 6.07) is 6.93. The standard InChI is InChI=1S/C17H18O3/c18-15-11-16(20-12-7-3-1-2-4-8-12)17(19)14-10-6-5-9-13(14)15/h5-6,9-12H,1-4,7-8H2. The molecule has 0 heterocycles. The molecule has 0 atom stereocenters. The highest BCUT2D eigenvalue weighted by Gasteiger charge is 2.28. The highest BCUT2D eigenvalue weighted by molar-refractivity contribution is 6.23. The molecule has 104 valence electrons. The Bertz CT molecular complexity index is 563. The van der Waals surface area contributed by atoms with E-state index >= 15 is 0 Å². The summed E-state index contributed by atoms with van der Waals surface area (Å²) < 4.78 is 5.84. The largest absolute Gasteiger partial charge is 0.486 e. The van der Waals surface area contributed by atoms with E-state index in [0.717, 1.165) is 25.7 Å². The fourth-order valence-corrected chi connectivity index (χ4v) is 2.92. The second kappa shape index (κ2) is 5.61. The summed E-state index contributed by atoms with van der Waals surface area (Å²) in [5, 5.41) is 0. The fraction of sp³-hybridized carbons (Fsp3) is 0.412. The Kier molecular flexibility index (Phi) is 3.68. The zero-order valence-corrected chi connectivity index (χ0v) is 11.4. The molecule has 0 saturated heterocycles. The van der Waals surface area contributed by atoms with Crippen LogP contribution in [0.1, 0.15) is 59.2 Å². The molecule has 0 radical (unpaired) electrons. The minimum Gasteiger partial charge on any atom is -0.486 e. The monoisotopic (exact) mass is 270 g/mol. The molecule has 0 amide bonds. The summed E-state index contributed by atoms with van der Waals surface area (Å²) in [6.45, 7) is 0. The third-order valence-electron chi connectivity index (χ3n) is 4.02. The van der Waals surface area contributed by atoms with E-state index in [9.17, 15) is 9.59 Å². The second-order valence-electron chi connectivity index (χ2n) is 5.48. The van der Waals surface area contributed by atoms with Gasteiger partial charge in [0.1, 0.15) is 0 Å². The summed E-state index contributed by atoms with van der Waals surface area (Å²) >= 11 is 0. The van der Waals surface area contributed by atoms with Gasteiger partial charge in [-0.1, -0.05) is 37.1 Å². The topological polar surface area (TPSA) is 43.4 Å². The zero-order valence-electron chi connectivity index (χ0n) is 11.4. The Labute approximate surface area is 118 Å². The molecular formula is C17H18O3. The molecule has 0 unspecified atom stereocenters. The van der Waals surface area contributed by atoms with E-state index in [2.05, 4.69) is 0 Å². The number of carbonyl (C=O) groups is 2. The number of allylic oxidation sites excluding steroid dienone is 2. The lowest BCUT2D eigenvalue weighted by atomic mass is 9.93. The van der Waals surface area contributed by atoms with E-state index in [4.69, 9.17) is 4.74 Å². The van der Waals surface area contributed by atoms with Crippen molar-refractivity contribution in [1.82, 2.24) is 0 Å². The first-order valence-electron chi connectivity index (χ1n) is 7.32. The van der Waals surface area contributed by atoms with Crippen LogP contribution in [-0.2, 0) is 4.74 Å². The van der Waals surface area contributed by atoms with Crippen LogP contribution in [0.15, 0.2) is 36.1 Å². The van der Waals surface area contributed by atoms with Gasteiger partial charge in [0, 0.05) is 17.2 Å². The van der Waals surface area contributed by atoms with Crippen molar-refractivity contribution in [3.8, 4) is 0 Å². The molecule has 20 heavy (non-hydrogen) atoms. The molecule has 0 aromatic heterocycles. The van der Waals surface area contributed by atoms with Crippen molar-refractivity contribution in [2.24, 2.45) is 0 Å². The molecule has 0 spiro atoms. The molecular weight excluding hydrogens is 252 g/mol. The van der Waals surface area contributed by atoms with Gasteiger partial charge in [-0.3, -0.25) is 9.59 Å². The Morgan fingerprint density at radius 2 is 1.55 bits per heavy atom. The van der Waals surface area contributed by atoms with E-state index in [0.29, 0.717) is 11.1 Å². The number of rotatable bonds is 2. The summed E-state index contributed by atoms with van der Waals surface area (Å²) in [6.07, 6.45) is 8.11. The van der Waals surface area contributed by atoms with Crippen molar-refractivity contribution >= 4 is 11.6 Å². The number of benzene rings is 1. The van der Waals surface area contributed by atoms with Crippen molar-refractivity contribution in [3.63, 3.8) is 0 Å². The molecule has 1 aromatic carbocycles. The molecule has 0 aliphatic heterocycles. The van der Waals surface area contributed by atoms with Gasteiger partial charge < -0.3 is 4.74 Å². The van der Waals surface area contributed by atoms with Gasteiger partial charge in [0.05, 0.1) is 6.10 Å². The van der Waals surface area contributed by atoms with E-state index in [1.165, 1.54) is 18.9 Å². The lowest BCUT2D eigenvalue weighted by Crippen LogP contribution is -2.22. The molecule has 3 nitrogen and oxygen atoms in total. The summed E-state index contributed by atoms with van der Waals surface area (Å²) in [7, 11) is 0. The summed E-state index contributed by atoms with van der Waals surface area (Å²) in [5.74, 6) is -0.0751. The van der Waals surface area contributed by atoms with Crippen LogP contribution in [0, 0.1) is 0 Å². The number of hydrogen-bond donors (Lipinski definition) is 0. The summed E-state index contributed by atoms with van der Waals surface area (Å²) in [4.78, 5) is 24.4. The fourth-order valence-electron chi connectivity index (χ4n) is 2.92. The number of ketones is 2. The number of Topliss-reactive ketones (excluding diaryl/α,β-unsaturated/α-hetero) is 1. The van der Waals surface area contributed by atoms with E-state index in [1.807, 2.05) is 0 Å². The third kappa shape index (κ3) is 2.53. The average molecular weight is 270 g/mol. The number of hydrogen-bond acceptors (Lipinski definition) is 3. The van der Waals surface area contributed by atoms with E-state index < -0.39 is 0 Å². The second-order valence-corrected chi connectivity index (χ2v) is 5.48. The Balaban J connectivity index is 1.81. The van der Waals surface area contributed by atoms with Crippen LogP contribution in [0.5, 0.6) is 0 Å². The molecule has 1 aromatic rings. The average Bonchev–Trinajstić information content (AvgIpc) is 2.73. The molecule has 3 rings (SSSR count). The van der Waals surface area contributed by atoms with Crippen molar-refractivity contribution in [1.29, 1.82) is 0 Å². The van der Waals surface area contributed by atoms with Gasteiger partial charge in [-0.15, -0.1) is 0 Å². The molecule has 1 saturated carbocycles. The molecule has 2 aliphatic carbocycles. The van der Waals surface area contributed by atoms with Crippen LogP contribution < -0.4 is 0 Å². The van der Waals surface area contributed by atoms with Crippen molar-refractivity contribution in [2.45, 2.75) is 44.6 Å². The molecule has 1 fully saturated rings. The van der Waals surface area contributed by atoms with Crippen molar-refractivity contribution in [2.75, 3.05) is 0 Å². The maximum Gasteiger partial charge on any atom is 0.228 e. The highest BCUT2D eigenvalue weighted by Crippen LogP contribution is 2.26. The van der Waals surface area contributed by atoms with Gasteiger partial charge in [0.25, 0.3) is 0 Å². The van der Waals surface area contributed by atoms with E-state index in [-0.39, 0.29) is 23.4 Å². The van der Waals surface area contributed by atoms with Gasteiger partial charge in [-0.05, 0) is 25.7 Å². The quantitative estimate of drug-likeness (QED) is 0.770. The first-order valence-corrected chi connectivity index (χ1v) is 7.32. The molecule has 2 aliphatic rings. The van der Waals surface area contributed by atoms with Gasteiger partial charge in [-0.2, -0.15) is 0 Å². The molecule has 0 N–H and O–H groups in total. The highest BCUT2D eigenvalue weighted by atomic mass is 16.5. The van der Waals surface area contributed by atoms with Crippen LogP contribution in [-0.4, -0.2) is 17.7 Å². The van der Waals surface area contributed by atoms with Crippen LogP contribution in [0.3, 0.4) is 0 Å². The third-order valence-corrected chi connectivity index (χ3v) is 4.02. The van der Waals surface area contributed by atoms with Crippen molar-refractivity contribution in [3.05, 3.63) is 47.2 Å². The zero-order chi connectivity index (χ0) is 13.9. The lowest BCUT2D eigenvalue weighted by molar-refractivity contribution is 0.0700. The predicted octanol–water partition coefficient (Wildman–Crippen LogP) is 3.69. The summed E-state index contributed by atoms with van der Waals surface area (Å²) in [5.41, 5.74) is 0.939. The van der Waals surface area contributed by atoms with Gasteiger partial charge in [0.15, 0.2) is 11.5 Å². The molecule has 3 heteroatoms. The van der Waals surface area contributed by atoms with Crippen LogP contribution in [0.25, 0.3) is 0 Å². The Morgan fingerprint density at radius 1 is 0.900 bits per heavy atom. The van der Waals surface area contributed by atoms with Crippen LogP contribution >= 0.6 is 0 Å². The Hall–Kier alpha value is -1.90. The van der Waals surface area contributed by atoms with Crippen molar-refractivity contribution < 1.29 is 14.3 Å². The van der Waals surface area contributed by atoms with E-state index in [1.54, 1.807) is 24.3 Å². The number of fused-ring (bicyclic) bond motifs is 1. The maximum atomic E-state index is 12.4. The molecule has 0 bridgehead atoms. The first kappa shape index (κ1) is 13.1. The van der Waals surface area contributed by atoms with Gasteiger partial charge in [-0.25, -0.2) is 0 Å². The minimum atomic E-state index is -0.163. The SMILES string of the molecule is O=C1C=C(OC2CCCCCC2)C(=O)c2ccccc21. The lowest BCUT2D eigenvalue weighted by Gasteiger charge is -2.21. The smallest absolute Gasteiger partial charge is 0.228 e.